The number of carbonyl (C=O) groups is 1. The Bertz CT molecular complexity index is 1470. The number of amides is 1. The number of aromatic hydroxyl groups is 1. The maximum atomic E-state index is 13.4. The summed E-state index contributed by atoms with van der Waals surface area (Å²) in [5, 5.41) is 23.3. The monoisotopic (exact) mass is 568 g/mol. The van der Waals surface area contributed by atoms with Crippen molar-refractivity contribution in [3.63, 3.8) is 0 Å². The summed E-state index contributed by atoms with van der Waals surface area (Å²) >= 11 is 0. The second-order valence-corrected chi connectivity index (χ2v) is 11.9. The average Bonchev–Trinajstić information content (AvgIpc) is 3.66. The third-order valence-electron chi connectivity index (χ3n) is 9.62. The van der Waals surface area contributed by atoms with Crippen molar-refractivity contribution in [2.75, 3.05) is 20.1 Å². The highest BCUT2D eigenvalue weighted by molar-refractivity contribution is 5.92. The number of nitrogens with zero attached hydrogens (tertiary/aromatic N) is 2. The first kappa shape index (κ1) is 26.4. The molecule has 10 heteroatoms. The molecular formula is C31H31F3N2O5. The molecule has 2 aliphatic heterocycles. The number of ether oxygens (including phenoxy) is 2. The van der Waals surface area contributed by atoms with Crippen LogP contribution in [0.3, 0.4) is 0 Å². The molecule has 0 aromatic heterocycles. The minimum absolute atomic E-state index is 0.0160. The van der Waals surface area contributed by atoms with E-state index < -0.39 is 29.5 Å². The second kappa shape index (κ2) is 9.00. The van der Waals surface area contributed by atoms with Crippen molar-refractivity contribution in [1.29, 1.82) is 0 Å². The van der Waals surface area contributed by atoms with Gasteiger partial charge in [0.2, 0.25) is 5.91 Å². The molecule has 2 heterocycles. The topological polar surface area (TPSA) is 82.5 Å². The van der Waals surface area contributed by atoms with Crippen LogP contribution < -0.4 is 9.47 Å². The first-order valence-electron chi connectivity index (χ1n) is 14.0. The normalized spacial score (nSPS) is 31.6. The Kier molecular flexibility index (Phi) is 5.79. The molecule has 0 radical (unpaired) electrons. The summed E-state index contributed by atoms with van der Waals surface area (Å²) in [7, 11) is 1.64. The van der Waals surface area contributed by atoms with Crippen LogP contribution in [0.2, 0.25) is 0 Å². The molecule has 2 aromatic rings. The number of piperidine rings is 1. The lowest BCUT2D eigenvalue weighted by Gasteiger charge is -2.62. The standard InChI is InChI=1S/C31H31F3N2O5/c1-35(25(38)10-7-18-3-2-4-21(15-18)41-31(32,33)34)22-11-12-30(39)24-16-20-8-9-23(37)27-26(20)29(30,28(22)40-27)13-14-36(24)17-19-5-6-19/h2-4,7-12,15,19,22,24,28,37,39H,5-6,13-14,16-17H2,1H3/t22-,24-,28+,29+,30-/m1/s1. The van der Waals surface area contributed by atoms with Gasteiger partial charge in [-0.2, -0.15) is 0 Å². The van der Waals surface area contributed by atoms with Crippen LogP contribution in [0.4, 0.5) is 13.2 Å². The molecule has 3 aliphatic carbocycles. The van der Waals surface area contributed by atoms with Gasteiger partial charge in [0.1, 0.15) is 17.5 Å². The Hall–Kier alpha value is -3.50. The van der Waals surface area contributed by atoms with Gasteiger partial charge in [-0.1, -0.05) is 30.4 Å². The van der Waals surface area contributed by atoms with Gasteiger partial charge in [0.15, 0.2) is 11.5 Å². The van der Waals surface area contributed by atoms with Crippen molar-refractivity contribution in [2.45, 2.75) is 61.2 Å². The molecule has 2 N–H and O–H groups in total. The number of likely N-dealkylation sites (N-methyl/N-ethyl adjacent to an activating group) is 1. The minimum atomic E-state index is -4.81. The Morgan fingerprint density at radius 1 is 1.27 bits per heavy atom. The van der Waals surface area contributed by atoms with Crippen LogP contribution in [0.1, 0.15) is 36.0 Å². The highest BCUT2D eigenvalue weighted by Crippen LogP contribution is 2.64. The van der Waals surface area contributed by atoms with Gasteiger partial charge in [-0.25, -0.2) is 0 Å². The molecule has 216 valence electrons. The summed E-state index contributed by atoms with van der Waals surface area (Å²) in [6.07, 6.45) is 4.65. The van der Waals surface area contributed by atoms with Crippen molar-refractivity contribution in [2.24, 2.45) is 5.92 Å². The minimum Gasteiger partial charge on any atom is -0.504 e. The van der Waals surface area contributed by atoms with E-state index in [0.717, 1.165) is 24.2 Å². The van der Waals surface area contributed by atoms with E-state index in [-0.39, 0.29) is 23.4 Å². The fourth-order valence-electron chi connectivity index (χ4n) is 7.60. The quantitative estimate of drug-likeness (QED) is 0.402. The van der Waals surface area contributed by atoms with Gasteiger partial charge in [-0.15, -0.1) is 13.2 Å². The van der Waals surface area contributed by atoms with Gasteiger partial charge >= 0.3 is 6.36 Å². The molecule has 1 saturated carbocycles. The molecular weight excluding hydrogens is 537 g/mol. The van der Waals surface area contributed by atoms with Crippen molar-refractivity contribution in [1.82, 2.24) is 9.80 Å². The number of rotatable bonds is 6. The summed E-state index contributed by atoms with van der Waals surface area (Å²) in [4.78, 5) is 17.3. The number of halogens is 3. The van der Waals surface area contributed by atoms with Crippen LogP contribution >= 0.6 is 0 Å². The van der Waals surface area contributed by atoms with Gasteiger partial charge in [0.25, 0.3) is 0 Å². The van der Waals surface area contributed by atoms with Gasteiger partial charge < -0.3 is 24.6 Å². The van der Waals surface area contributed by atoms with E-state index in [2.05, 4.69) is 9.64 Å². The summed E-state index contributed by atoms with van der Waals surface area (Å²) < 4.78 is 48.4. The lowest BCUT2D eigenvalue weighted by atomic mass is 9.50. The number of benzene rings is 2. The first-order valence-corrected chi connectivity index (χ1v) is 14.0. The van der Waals surface area contributed by atoms with Gasteiger partial charge in [0, 0.05) is 31.3 Å². The zero-order valence-corrected chi connectivity index (χ0v) is 22.5. The fraction of sp³-hybridized carbons (Fsp3) is 0.452. The van der Waals surface area contributed by atoms with Gasteiger partial charge in [-0.05, 0) is 73.5 Å². The molecule has 7 rings (SSSR count). The molecule has 41 heavy (non-hydrogen) atoms. The van der Waals surface area contributed by atoms with Crippen molar-refractivity contribution >= 4 is 12.0 Å². The number of carbonyl (C=O) groups excluding carboxylic acids is 1. The largest absolute Gasteiger partial charge is 0.573 e. The third kappa shape index (κ3) is 4.06. The van der Waals surface area contributed by atoms with Crippen LogP contribution in [0.15, 0.2) is 54.6 Å². The van der Waals surface area contributed by atoms with E-state index in [0.29, 0.717) is 30.1 Å². The molecule has 2 aromatic carbocycles. The summed E-state index contributed by atoms with van der Waals surface area (Å²) in [5.74, 6) is 0.304. The zero-order valence-electron chi connectivity index (χ0n) is 22.5. The summed E-state index contributed by atoms with van der Waals surface area (Å²) in [6.45, 7) is 1.73. The van der Waals surface area contributed by atoms with Crippen LogP contribution in [0, 0.1) is 5.92 Å². The number of alkyl halides is 3. The van der Waals surface area contributed by atoms with Crippen molar-refractivity contribution in [3.8, 4) is 17.2 Å². The van der Waals surface area contributed by atoms with E-state index in [1.807, 2.05) is 18.2 Å². The van der Waals surface area contributed by atoms with Gasteiger partial charge in [0.05, 0.1) is 11.5 Å². The number of hydrogen-bond acceptors (Lipinski definition) is 6. The Balaban J connectivity index is 1.21. The second-order valence-electron chi connectivity index (χ2n) is 11.9. The van der Waals surface area contributed by atoms with Crippen LogP contribution in [0.25, 0.3) is 6.08 Å². The van der Waals surface area contributed by atoms with Gasteiger partial charge in [-0.3, -0.25) is 9.69 Å². The van der Waals surface area contributed by atoms with Crippen molar-refractivity contribution in [3.05, 3.63) is 71.3 Å². The number of hydrogen-bond donors (Lipinski definition) is 2. The summed E-state index contributed by atoms with van der Waals surface area (Å²) in [6, 6.07) is 8.26. The molecule has 2 bridgehead atoms. The van der Waals surface area contributed by atoms with E-state index in [1.54, 1.807) is 19.2 Å². The molecule has 2 fully saturated rings. The van der Waals surface area contributed by atoms with Crippen LogP contribution in [-0.2, 0) is 16.6 Å². The average molecular weight is 569 g/mol. The van der Waals surface area contributed by atoms with E-state index >= 15 is 0 Å². The van der Waals surface area contributed by atoms with E-state index in [4.69, 9.17) is 4.74 Å². The lowest BCUT2D eigenvalue weighted by molar-refractivity contribution is -0.274. The predicted octanol–water partition coefficient (Wildman–Crippen LogP) is 4.17. The van der Waals surface area contributed by atoms with E-state index in [9.17, 15) is 28.2 Å². The highest BCUT2D eigenvalue weighted by atomic mass is 19.4. The molecule has 1 spiro atoms. The Morgan fingerprint density at radius 2 is 2.07 bits per heavy atom. The number of phenols is 1. The Labute approximate surface area is 235 Å². The predicted molar refractivity (Wildman–Crippen MR) is 143 cm³/mol. The molecule has 7 nitrogen and oxygen atoms in total. The number of likely N-dealkylation sites (tertiary alicyclic amines) is 1. The fourth-order valence-corrected chi connectivity index (χ4v) is 7.60. The summed E-state index contributed by atoms with van der Waals surface area (Å²) in [5.41, 5.74) is 0.212. The van der Waals surface area contributed by atoms with E-state index in [1.165, 1.54) is 48.1 Å². The molecule has 5 atom stereocenters. The highest BCUT2D eigenvalue weighted by Gasteiger charge is 2.72. The van der Waals surface area contributed by atoms with Crippen molar-refractivity contribution < 1.29 is 37.7 Å². The zero-order chi connectivity index (χ0) is 28.7. The molecule has 5 aliphatic rings. The smallest absolute Gasteiger partial charge is 0.504 e. The molecule has 0 unspecified atom stereocenters. The number of phenolic OH excluding ortho intramolecular Hbond substituents is 1. The third-order valence-corrected chi connectivity index (χ3v) is 9.62. The lowest BCUT2D eigenvalue weighted by Crippen LogP contribution is -2.76. The number of aliphatic hydroxyl groups is 1. The maximum Gasteiger partial charge on any atom is 0.573 e. The first-order chi connectivity index (χ1) is 19.5. The molecule has 1 saturated heterocycles. The van der Waals surface area contributed by atoms with Crippen LogP contribution in [-0.4, -0.2) is 76.2 Å². The Morgan fingerprint density at radius 3 is 2.83 bits per heavy atom. The van der Waals surface area contributed by atoms with Crippen LogP contribution in [0.5, 0.6) is 17.2 Å². The maximum absolute atomic E-state index is 13.4. The SMILES string of the molecule is CN(C(=O)C=Cc1cccc(OC(F)(F)F)c1)[C@@H]1C=C[C@@]2(O)[C@H]3Cc4ccc(O)c5c4[C@@]2(CCN3CC2CC2)[C@H]1O5. The molecule has 1 amide bonds.